The Hall–Kier alpha value is -1.92. The van der Waals surface area contributed by atoms with Gasteiger partial charge < -0.3 is 10.1 Å². The molecule has 1 N–H and O–H groups in total. The summed E-state index contributed by atoms with van der Waals surface area (Å²) in [5.74, 6) is 0.416. The molecule has 0 radical (unpaired) electrons. The molecule has 6 aliphatic rings. The van der Waals surface area contributed by atoms with Crippen LogP contribution in [0.15, 0.2) is 0 Å². The highest BCUT2D eigenvalue weighted by molar-refractivity contribution is 6.07. The normalized spacial score (nSPS) is 39.2. The Morgan fingerprint density at radius 3 is 2.00 bits per heavy atom. The third-order valence-corrected chi connectivity index (χ3v) is 8.41. The number of nitrogens with one attached hydrogen (secondary N) is 1. The molecule has 4 bridgehead atoms. The van der Waals surface area contributed by atoms with E-state index in [4.69, 9.17) is 4.74 Å². The first-order valence-electron chi connectivity index (χ1n) is 11.7. The van der Waals surface area contributed by atoms with Gasteiger partial charge in [0.2, 0.25) is 11.8 Å². The minimum atomic E-state index is -0.694. The van der Waals surface area contributed by atoms with Crippen LogP contribution in [-0.4, -0.2) is 48.3 Å². The van der Waals surface area contributed by atoms with Crippen LogP contribution < -0.4 is 5.32 Å². The van der Waals surface area contributed by atoms with Crippen molar-refractivity contribution < 1.29 is 23.9 Å². The van der Waals surface area contributed by atoms with Crippen LogP contribution in [0.5, 0.6) is 0 Å². The van der Waals surface area contributed by atoms with E-state index in [0.29, 0.717) is 19.4 Å². The van der Waals surface area contributed by atoms with E-state index >= 15 is 0 Å². The minimum Gasteiger partial charge on any atom is -0.454 e. The Bertz CT molecular complexity index is 703. The number of hydrogen-bond acceptors (Lipinski definition) is 5. The molecule has 0 aromatic carbocycles. The van der Waals surface area contributed by atoms with Crippen molar-refractivity contribution in [3.63, 3.8) is 0 Å². The molecular formula is C23H32N2O5. The second-order valence-corrected chi connectivity index (χ2v) is 10.6. The Labute approximate surface area is 177 Å². The van der Waals surface area contributed by atoms with E-state index in [1.807, 2.05) is 0 Å². The fourth-order valence-corrected chi connectivity index (χ4v) is 7.55. The lowest BCUT2D eigenvalue weighted by atomic mass is 9.49. The molecule has 6 fully saturated rings. The van der Waals surface area contributed by atoms with E-state index in [1.54, 1.807) is 0 Å². The molecule has 30 heavy (non-hydrogen) atoms. The highest BCUT2D eigenvalue weighted by atomic mass is 16.5. The fourth-order valence-electron chi connectivity index (χ4n) is 7.55. The summed E-state index contributed by atoms with van der Waals surface area (Å²) in [5.41, 5.74) is 0.235. The van der Waals surface area contributed by atoms with Crippen LogP contribution in [0.3, 0.4) is 0 Å². The predicted octanol–water partition coefficient (Wildman–Crippen LogP) is 2.04. The second-order valence-electron chi connectivity index (χ2n) is 10.6. The summed E-state index contributed by atoms with van der Waals surface area (Å²) in [6.07, 6.45) is 11.0. The van der Waals surface area contributed by atoms with E-state index in [0.717, 1.165) is 35.5 Å². The topological polar surface area (TPSA) is 92.8 Å². The fraction of sp³-hybridized carbons (Fsp3) is 0.826. The zero-order chi connectivity index (χ0) is 20.9. The molecule has 1 heterocycles. The molecule has 164 valence electrons. The molecule has 5 saturated carbocycles. The van der Waals surface area contributed by atoms with Gasteiger partial charge in [0.15, 0.2) is 6.61 Å². The zero-order valence-corrected chi connectivity index (χ0v) is 17.6. The summed E-state index contributed by atoms with van der Waals surface area (Å²) >= 11 is 0. The SMILES string of the molecule is O=C(COC(=O)CN1C(=O)[C@H]2CCCC[C@@H]2C1=O)NCC12CC3CC(CC(C3)C1)C2. The van der Waals surface area contributed by atoms with Gasteiger partial charge in [-0.25, -0.2) is 0 Å². The smallest absolute Gasteiger partial charge is 0.326 e. The number of amides is 3. The highest BCUT2D eigenvalue weighted by Gasteiger charge is 2.51. The van der Waals surface area contributed by atoms with Gasteiger partial charge >= 0.3 is 5.97 Å². The number of likely N-dealkylation sites (tertiary alicyclic amines) is 1. The number of ether oxygens (including phenoxy) is 1. The number of carbonyl (C=O) groups excluding carboxylic acids is 4. The van der Waals surface area contributed by atoms with Gasteiger partial charge in [-0.05, 0) is 74.5 Å². The maximum Gasteiger partial charge on any atom is 0.326 e. The van der Waals surface area contributed by atoms with Gasteiger partial charge in [-0.15, -0.1) is 0 Å². The first-order valence-corrected chi connectivity index (χ1v) is 11.7. The number of fused-ring (bicyclic) bond motifs is 1. The van der Waals surface area contributed by atoms with Gasteiger partial charge in [0.1, 0.15) is 6.54 Å². The maximum absolute atomic E-state index is 12.4. The Morgan fingerprint density at radius 1 is 0.933 bits per heavy atom. The lowest BCUT2D eigenvalue weighted by Crippen LogP contribution is -2.51. The van der Waals surface area contributed by atoms with Gasteiger partial charge in [0, 0.05) is 6.54 Å². The van der Waals surface area contributed by atoms with Gasteiger partial charge in [-0.2, -0.15) is 0 Å². The molecule has 0 unspecified atom stereocenters. The molecule has 1 aliphatic heterocycles. The summed E-state index contributed by atoms with van der Waals surface area (Å²) in [6, 6.07) is 0. The third kappa shape index (κ3) is 3.65. The number of hydrogen-bond donors (Lipinski definition) is 1. The van der Waals surface area contributed by atoms with Crippen LogP contribution in [0.1, 0.15) is 64.2 Å². The molecule has 0 aromatic heterocycles. The largest absolute Gasteiger partial charge is 0.454 e. The average molecular weight is 417 g/mol. The Morgan fingerprint density at radius 2 is 1.47 bits per heavy atom. The number of esters is 1. The molecule has 5 aliphatic carbocycles. The molecule has 6 rings (SSSR count). The quantitative estimate of drug-likeness (QED) is 0.528. The van der Waals surface area contributed by atoms with Crippen LogP contribution in [0.4, 0.5) is 0 Å². The molecule has 0 spiro atoms. The van der Waals surface area contributed by atoms with Gasteiger partial charge in [0.25, 0.3) is 5.91 Å². The van der Waals surface area contributed by atoms with E-state index < -0.39 is 5.97 Å². The molecule has 0 aromatic rings. The van der Waals surface area contributed by atoms with Crippen molar-refractivity contribution in [2.24, 2.45) is 35.0 Å². The van der Waals surface area contributed by atoms with Gasteiger partial charge in [0.05, 0.1) is 11.8 Å². The van der Waals surface area contributed by atoms with Crippen molar-refractivity contribution in [1.82, 2.24) is 10.2 Å². The second kappa shape index (κ2) is 7.65. The van der Waals surface area contributed by atoms with E-state index in [1.165, 1.54) is 38.5 Å². The molecule has 2 atom stereocenters. The molecular weight excluding hydrogens is 384 g/mol. The first kappa shape index (κ1) is 20.0. The summed E-state index contributed by atoms with van der Waals surface area (Å²) in [7, 11) is 0. The van der Waals surface area contributed by atoms with Crippen molar-refractivity contribution in [2.75, 3.05) is 19.7 Å². The highest BCUT2D eigenvalue weighted by Crippen LogP contribution is 2.59. The Kier molecular flexibility index (Phi) is 5.10. The third-order valence-electron chi connectivity index (χ3n) is 8.41. The maximum atomic E-state index is 12.4. The summed E-state index contributed by atoms with van der Waals surface area (Å²) < 4.78 is 5.09. The van der Waals surface area contributed by atoms with E-state index in [9.17, 15) is 19.2 Å². The number of nitrogens with zero attached hydrogens (tertiary/aromatic N) is 1. The van der Waals surface area contributed by atoms with Gasteiger partial charge in [-0.3, -0.25) is 24.1 Å². The summed E-state index contributed by atoms with van der Waals surface area (Å²) in [6.45, 7) is -0.0689. The van der Waals surface area contributed by atoms with Crippen LogP contribution >= 0.6 is 0 Å². The van der Waals surface area contributed by atoms with Crippen molar-refractivity contribution in [1.29, 1.82) is 0 Å². The van der Waals surface area contributed by atoms with Gasteiger partial charge in [-0.1, -0.05) is 12.8 Å². The summed E-state index contributed by atoms with van der Waals surface area (Å²) in [4.78, 5) is 50.4. The summed E-state index contributed by atoms with van der Waals surface area (Å²) in [5, 5.41) is 2.98. The van der Waals surface area contributed by atoms with Crippen LogP contribution in [0.2, 0.25) is 0 Å². The Balaban J connectivity index is 1.07. The zero-order valence-electron chi connectivity index (χ0n) is 17.6. The molecule has 3 amide bonds. The predicted molar refractivity (Wildman–Crippen MR) is 107 cm³/mol. The monoisotopic (exact) mass is 416 g/mol. The lowest BCUT2D eigenvalue weighted by Gasteiger charge is -2.56. The number of carbonyl (C=O) groups is 4. The van der Waals surface area contributed by atoms with Crippen LogP contribution in [0, 0.1) is 35.0 Å². The minimum absolute atomic E-state index is 0.235. The number of rotatable bonds is 6. The molecule has 7 heteroatoms. The molecule has 1 saturated heterocycles. The van der Waals surface area contributed by atoms with Crippen molar-refractivity contribution >= 4 is 23.7 Å². The van der Waals surface area contributed by atoms with Crippen LogP contribution in [0.25, 0.3) is 0 Å². The van der Waals surface area contributed by atoms with Crippen molar-refractivity contribution in [2.45, 2.75) is 64.2 Å². The standard InChI is InChI=1S/C23H32N2O5/c26-19(24-13-23-8-14-5-15(9-23)7-16(6-14)10-23)12-30-20(27)11-25-21(28)17-3-1-2-4-18(17)22(25)29/h14-18H,1-13H2,(H,24,26)/t14?,15?,16?,17-,18-,23?/m0/s1. The van der Waals surface area contributed by atoms with E-state index in [-0.39, 0.29) is 48.1 Å². The first-order chi connectivity index (χ1) is 14.4. The average Bonchev–Trinajstić information content (AvgIpc) is 2.95. The van der Waals surface area contributed by atoms with E-state index in [2.05, 4.69) is 5.32 Å². The molecule has 7 nitrogen and oxygen atoms in total. The number of imide groups is 1. The lowest BCUT2D eigenvalue weighted by molar-refractivity contribution is -0.155. The van der Waals surface area contributed by atoms with Crippen molar-refractivity contribution in [3.8, 4) is 0 Å². The van der Waals surface area contributed by atoms with Crippen molar-refractivity contribution in [3.05, 3.63) is 0 Å². The van der Waals surface area contributed by atoms with Crippen LogP contribution in [-0.2, 0) is 23.9 Å².